The van der Waals surface area contributed by atoms with Crippen LogP contribution in [-0.4, -0.2) is 88.5 Å². The van der Waals surface area contributed by atoms with Gasteiger partial charge in [0.05, 0.1) is 40.7 Å². The van der Waals surface area contributed by atoms with Crippen molar-refractivity contribution in [3.63, 3.8) is 0 Å². The van der Waals surface area contributed by atoms with Gasteiger partial charge in [-0.3, -0.25) is 4.98 Å². The number of aryl methyl sites for hydroxylation is 1. The number of carbonyl (C=O) groups is 2. The first kappa shape index (κ1) is 31.9. The summed E-state index contributed by atoms with van der Waals surface area (Å²) in [6.07, 6.45) is 0.679. The molecule has 1 amide bonds. The van der Waals surface area contributed by atoms with Crippen LogP contribution in [0.5, 0.6) is 0 Å². The summed E-state index contributed by atoms with van der Waals surface area (Å²) in [5.74, 6) is -0.278. The normalized spacial score (nSPS) is 14.8. The van der Waals surface area contributed by atoms with Gasteiger partial charge in [0, 0.05) is 57.2 Å². The lowest BCUT2D eigenvalue weighted by molar-refractivity contribution is 0.0600. The number of nitriles is 1. The molecule has 0 aliphatic carbocycles. The smallest absolute Gasteiger partial charge is 0.407 e. The number of ether oxygens (including phenoxy) is 1. The van der Waals surface area contributed by atoms with Gasteiger partial charge in [0.1, 0.15) is 11.9 Å². The Morgan fingerprint density at radius 1 is 1.15 bits per heavy atom. The first-order chi connectivity index (χ1) is 21.9. The number of aromatic nitrogens is 4. The van der Waals surface area contributed by atoms with Gasteiger partial charge in [-0.1, -0.05) is 13.8 Å². The monoisotopic (exact) mass is 624 g/mol. The van der Waals surface area contributed by atoms with E-state index in [2.05, 4.69) is 16.0 Å². The Hall–Kier alpha value is -5.51. The molecule has 0 spiro atoms. The lowest BCUT2D eigenvalue weighted by atomic mass is 9.99. The Morgan fingerprint density at radius 2 is 1.89 bits per heavy atom. The van der Waals surface area contributed by atoms with Crippen LogP contribution < -0.4 is 15.5 Å². The van der Waals surface area contributed by atoms with E-state index in [1.54, 1.807) is 30.5 Å². The average Bonchev–Trinajstić information content (AvgIpc) is 3.03. The minimum Gasteiger partial charge on any atom is -0.465 e. The maximum atomic E-state index is 14.2. The number of amides is 1. The Bertz CT molecular complexity index is 1960. The number of fused-ring (bicyclic) bond motifs is 1. The third-order valence-corrected chi connectivity index (χ3v) is 8.22. The predicted molar refractivity (Wildman–Crippen MR) is 174 cm³/mol. The van der Waals surface area contributed by atoms with Crippen molar-refractivity contribution in [2.45, 2.75) is 39.7 Å². The molecule has 1 aromatic carbocycles. The molecule has 1 atom stereocenters. The van der Waals surface area contributed by atoms with Crippen LogP contribution in [0.3, 0.4) is 0 Å². The van der Waals surface area contributed by atoms with E-state index in [0.717, 1.165) is 5.56 Å². The Balaban J connectivity index is 1.91. The van der Waals surface area contributed by atoms with Gasteiger partial charge in [-0.15, -0.1) is 0 Å². The molecule has 1 aliphatic rings. The van der Waals surface area contributed by atoms with Gasteiger partial charge in [-0.2, -0.15) is 10.2 Å². The molecule has 0 saturated carbocycles. The molecule has 3 aromatic heterocycles. The van der Waals surface area contributed by atoms with Gasteiger partial charge in [-0.25, -0.2) is 23.9 Å². The fourth-order valence-electron chi connectivity index (χ4n) is 5.93. The van der Waals surface area contributed by atoms with Crippen LogP contribution in [0.15, 0.2) is 41.3 Å². The standard InChI is InChI=1S/C33H36N8O5/c1-18(2)26-28(19(3)10-11-35-26)41-30-24(29(37-32(41)43)40-13-12-39(33(44)45)17-20(40)4)15-22(16-34)27(36-30)23-14-21(31(42)46-7)8-9-25(23)38(5)6/h8-11,14-15,18,20H,12-13,17H2,1-7H3,(H,44,45). The van der Waals surface area contributed by atoms with Crippen molar-refractivity contribution in [3.05, 3.63) is 69.4 Å². The summed E-state index contributed by atoms with van der Waals surface area (Å²) in [4.78, 5) is 57.7. The third-order valence-electron chi connectivity index (χ3n) is 8.22. The Morgan fingerprint density at radius 3 is 2.50 bits per heavy atom. The molecule has 13 nitrogen and oxygen atoms in total. The van der Waals surface area contributed by atoms with Crippen molar-refractivity contribution in [2.24, 2.45) is 0 Å². The van der Waals surface area contributed by atoms with Gasteiger partial charge in [-0.05, 0) is 55.7 Å². The maximum absolute atomic E-state index is 14.2. The molecular formula is C33H36N8O5. The molecule has 5 rings (SSSR count). The predicted octanol–water partition coefficient (Wildman–Crippen LogP) is 4.19. The van der Waals surface area contributed by atoms with Gasteiger partial charge in [0.25, 0.3) is 0 Å². The summed E-state index contributed by atoms with van der Waals surface area (Å²) in [7, 11) is 4.98. The summed E-state index contributed by atoms with van der Waals surface area (Å²) in [6, 6.07) is 10.5. The highest BCUT2D eigenvalue weighted by Crippen LogP contribution is 2.37. The van der Waals surface area contributed by atoms with Crippen molar-refractivity contribution < 1.29 is 19.4 Å². The molecule has 1 N–H and O–H groups in total. The molecule has 46 heavy (non-hydrogen) atoms. The highest BCUT2D eigenvalue weighted by atomic mass is 16.5. The number of carbonyl (C=O) groups excluding carboxylic acids is 1. The molecule has 1 unspecified atom stereocenters. The second-order valence-corrected chi connectivity index (χ2v) is 11.8. The highest BCUT2D eigenvalue weighted by Gasteiger charge is 2.31. The molecular weight excluding hydrogens is 588 g/mol. The van der Waals surface area contributed by atoms with E-state index in [9.17, 15) is 24.8 Å². The SMILES string of the molecule is COC(=O)c1ccc(N(C)C)c(-c2nc3c(cc2C#N)c(N2CCN(C(=O)O)CC2C)nc(=O)n3-c2c(C)ccnc2C(C)C)c1. The molecule has 1 saturated heterocycles. The molecule has 238 valence electrons. The molecule has 0 radical (unpaired) electrons. The summed E-state index contributed by atoms with van der Waals surface area (Å²) in [5.41, 5.74) is 3.62. The van der Waals surface area contributed by atoms with Crippen molar-refractivity contribution in [2.75, 3.05) is 50.6 Å². The van der Waals surface area contributed by atoms with E-state index in [-0.39, 0.29) is 54.1 Å². The molecule has 1 aliphatic heterocycles. The zero-order valence-electron chi connectivity index (χ0n) is 26.9. The summed E-state index contributed by atoms with van der Waals surface area (Å²) < 4.78 is 6.41. The van der Waals surface area contributed by atoms with Crippen molar-refractivity contribution >= 4 is 34.6 Å². The van der Waals surface area contributed by atoms with Crippen LogP contribution in [0.4, 0.5) is 16.3 Å². The molecule has 1 fully saturated rings. The van der Waals surface area contributed by atoms with Crippen LogP contribution in [0.2, 0.25) is 0 Å². The van der Waals surface area contributed by atoms with Crippen LogP contribution >= 0.6 is 0 Å². The van der Waals surface area contributed by atoms with Crippen molar-refractivity contribution in [1.29, 1.82) is 5.26 Å². The lowest BCUT2D eigenvalue weighted by Gasteiger charge is -2.39. The first-order valence-corrected chi connectivity index (χ1v) is 14.9. The van der Waals surface area contributed by atoms with Crippen LogP contribution in [0, 0.1) is 18.3 Å². The number of nitrogens with zero attached hydrogens (tertiary/aromatic N) is 8. The maximum Gasteiger partial charge on any atom is 0.407 e. The van der Waals surface area contributed by atoms with Crippen molar-refractivity contribution in [1.82, 2.24) is 24.4 Å². The van der Waals surface area contributed by atoms with Crippen LogP contribution in [-0.2, 0) is 4.74 Å². The number of pyridine rings is 2. The number of hydrogen-bond donors (Lipinski definition) is 1. The second-order valence-electron chi connectivity index (χ2n) is 11.8. The van der Waals surface area contributed by atoms with Gasteiger partial charge >= 0.3 is 17.8 Å². The van der Waals surface area contributed by atoms with Gasteiger partial charge in [0.2, 0.25) is 0 Å². The average molecular weight is 625 g/mol. The number of carboxylic acid groups (broad SMARTS) is 1. The highest BCUT2D eigenvalue weighted by molar-refractivity contribution is 5.96. The van der Waals surface area contributed by atoms with Crippen molar-refractivity contribution in [3.8, 4) is 23.0 Å². The Kier molecular flexibility index (Phi) is 8.65. The van der Waals surface area contributed by atoms with E-state index < -0.39 is 17.8 Å². The zero-order valence-corrected chi connectivity index (χ0v) is 26.9. The minimum absolute atomic E-state index is 0.0458. The molecule has 4 heterocycles. The van der Waals surface area contributed by atoms with Crippen LogP contribution in [0.1, 0.15) is 53.9 Å². The second kappa shape index (κ2) is 12.5. The quantitative estimate of drug-likeness (QED) is 0.307. The Labute approximate surface area is 266 Å². The summed E-state index contributed by atoms with van der Waals surface area (Å²) in [6.45, 7) is 8.44. The number of benzene rings is 1. The van der Waals surface area contributed by atoms with E-state index >= 15 is 0 Å². The summed E-state index contributed by atoms with van der Waals surface area (Å²) >= 11 is 0. The third kappa shape index (κ3) is 5.58. The number of hydrogen-bond acceptors (Lipinski definition) is 10. The molecule has 0 bridgehead atoms. The van der Waals surface area contributed by atoms with E-state index in [1.807, 2.05) is 57.7 Å². The van der Waals surface area contributed by atoms with E-state index in [4.69, 9.17) is 9.72 Å². The summed E-state index contributed by atoms with van der Waals surface area (Å²) in [5, 5.41) is 20.5. The fraction of sp³-hybridized carbons (Fsp3) is 0.364. The fourth-order valence-corrected chi connectivity index (χ4v) is 5.93. The zero-order chi connectivity index (χ0) is 33.4. The molecule has 13 heteroatoms. The number of anilines is 2. The lowest BCUT2D eigenvalue weighted by Crippen LogP contribution is -2.54. The topological polar surface area (TPSA) is 158 Å². The van der Waals surface area contributed by atoms with E-state index in [1.165, 1.54) is 16.6 Å². The number of methoxy groups -OCH3 is 1. The number of piperazine rings is 1. The van der Waals surface area contributed by atoms with Crippen LogP contribution in [0.25, 0.3) is 28.0 Å². The molecule has 4 aromatic rings. The number of rotatable bonds is 6. The van der Waals surface area contributed by atoms with E-state index in [0.29, 0.717) is 33.8 Å². The van der Waals surface area contributed by atoms with Gasteiger partial charge in [0.15, 0.2) is 5.65 Å². The first-order valence-electron chi connectivity index (χ1n) is 14.9. The van der Waals surface area contributed by atoms with Gasteiger partial charge < -0.3 is 24.5 Å². The largest absolute Gasteiger partial charge is 0.465 e. The minimum atomic E-state index is -1.02. The number of esters is 1.